The van der Waals surface area contributed by atoms with Crippen molar-refractivity contribution < 1.29 is 30.3 Å². The van der Waals surface area contributed by atoms with Crippen LogP contribution >= 0.6 is 0 Å². The van der Waals surface area contributed by atoms with Gasteiger partial charge in [0.2, 0.25) is 0 Å². The Labute approximate surface area is 184 Å². The SMILES string of the molecule is CCCCCCCCCOC(C(O)CO)C(O)C(O)C(O)CCCCCCCCC. The third kappa shape index (κ3) is 14.7. The van der Waals surface area contributed by atoms with Crippen LogP contribution in [0, 0.1) is 0 Å². The molecule has 0 aliphatic heterocycles. The first-order chi connectivity index (χ1) is 14.5. The molecule has 6 heteroatoms. The lowest BCUT2D eigenvalue weighted by atomic mass is 9.95. The lowest BCUT2D eigenvalue weighted by molar-refractivity contribution is -0.162. The van der Waals surface area contributed by atoms with Gasteiger partial charge < -0.3 is 30.3 Å². The summed E-state index contributed by atoms with van der Waals surface area (Å²) in [4.78, 5) is 0. The molecule has 0 aliphatic carbocycles. The number of ether oxygens (including phenoxy) is 1. The van der Waals surface area contributed by atoms with E-state index in [0.717, 1.165) is 38.5 Å². The average Bonchev–Trinajstić information content (AvgIpc) is 2.75. The molecular weight excluding hydrogens is 384 g/mol. The molecule has 0 heterocycles. The summed E-state index contributed by atoms with van der Waals surface area (Å²) >= 11 is 0. The van der Waals surface area contributed by atoms with Crippen molar-refractivity contribution in [3.05, 3.63) is 0 Å². The van der Waals surface area contributed by atoms with Gasteiger partial charge in [0.05, 0.1) is 12.7 Å². The fourth-order valence-corrected chi connectivity index (χ4v) is 3.72. The fraction of sp³-hybridized carbons (Fsp3) is 1.00. The Bertz CT molecular complexity index is 355. The highest BCUT2D eigenvalue weighted by molar-refractivity contribution is 4.86. The molecule has 0 radical (unpaired) electrons. The zero-order chi connectivity index (χ0) is 22.6. The van der Waals surface area contributed by atoms with E-state index in [-0.39, 0.29) is 0 Å². The molecule has 0 saturated heterocycles. The highest BCUT2D eigenvalue weighted by Crippen LogP contribution is 2.17. The van der Waals surface area contributed by atoms with Crippen LogP contribution in [-0.4, -0.2) is 69.3 Å². The van der Waals surface area contributed by atoms with Gasteiger partial charge in [-0.25, -0.2) is 0 Å². The average molecular weight is 435 g/mol. The minimum Gasteiger partial charge on any atom is -0.394 e. The van der Waals surface area contributed by atoms with Gasteiger partial charge in [-0.2, -0.15) is 0 Å². The molecule has 6 nitrogen and oxygen atoms in total. The lowest BCUT2D eigenvalue weighted by Gasteiger charge is -2.32. The Morgan fingerprint density at radius 1 is 0.567 bits per heavy atom. The standard InChI is InChI=1S/C24H50O6/c1-3-5-7-9-11-13-15-17-20(26)22(28)23(29)24(21(27)19-25)30-18-16-14-12-10-8-6-4-2/h20-29H,3-19H2,1-2H3. The van der Waals surface area contributed by atoms with Crippen molar-refractivity contribution in [2.24, 2.45) is 0 Å². The topological polar surface area (TPSA) is 110 Å². The maximum Gasteiger partial charge on any atom is 0.114 e. The summed E-state index contributed by atoms with van der Waals surface area (Å²) in [6.07, 6.45) is 9.64. The molecule has 5 atom stereocenters. The number of hydrogen-bond donors (Lipinski definition) is 5. The quantitative estimate of drug-likeness (QED) is 0.166. The number of unbranched alkanes of at least 4 members (excludes halogenated alkanes) is 12. The summed E-state index contributed by atoms with van der Waals surface area (Å²) in [7, 11) is 0. The third-order valence-corrected chi connectivity index (χ3v) is 5.81. The molecule has 0 fully saturated rings. The number of aliphatic hydroxyl groups excluding tert-OH is 5. The predicted molar refractivity (Wildman–Crippen MR) is 121 cm³/mol. The minimum absolute atomic E-state index is 0.340. The first kappa shape index (κ1) is 29.8. The second kappa shape index (κ2) is 20.7. The van der Waals surface area contributed by atoms with Crippen molar-refractivity contribution >= 4 is 0 Å². The van der Waals surface area contributed by atoms with Gasteiger partial charge in [0.1, 0.15) is 24.4 Å². The molecule has 30 heavy (non-hydrogen) atoms. The Kier molecular flexibility index (Phi) is 20.5. The number of rotatable bonds is 22. The summed E-state index contributed by atoms with van der Waals surface area (Å²) in [6.45, 7) is 4.14. The van der Waals surface area contributed by atoms with Crippen LogP contribution in [0.1, 0.15) is 110 Å². The summed E-state index contributed by atoms with van der Waals surface area (Å²) in [5, 5.41) is 50.3. The smallest absolute Gasteiger partial charge is 0.114 e. The fourth-order valence-electron chi connectivity index (χ4n) is 3.72. The molecule has 5 unspecified atom stereocenters. The zero-order valence-corrected chi connectivity index (χ0v) is 19.6. The van der Waals surface area contributed by atoms with Crippen LogP contribution in [0.5, 0.6) is 0 Å². The van der Waals surface area contributed by atoms with E-state index in [2.05, 4.69) is 13.8 Å². The van der Waals surface area contributed by atoms with E-state index >= 15 is 0 Å². The van der Waals surface area contributed by atoms with Gasteiger partial charge in [-0.1, -0.05) is 97.3 Å². The van der Waals surface area contributed by atoms with Crippen molar-refractivity contribution in [3.8, 4) is 0 Å². The zero-order valence-electron chi connectivity index (χ0n) is 19.6. The summed E-state index contributed by atoms with van der Waals surface area (Å²) in [5.41, 5.74) is 0. The number of aliphatic hydroxyl groups is 5. The van der Waals surface area contributed by atoms with E-state index in [1.807, 2.05) is 0 Å². The van der Waals surface area contributed by atoms with Crippen molar-refractivity contribution in [1.29, 1.82) is 0 Å². The van der Waals surface area contributed by atoms with E-state index < -0.39 is 37.1 Å². The molecule has 0 aromatic heterocycles. The van der Waals surface area contributed by atoms with Gasteiger partial charge in [0.25, 0.3) is 0 Å². The predicted octanol–water partition coefficient (Wildman–Crippen LogP) is 3.70. The van der Waals surface area contributed by atoms with Crippen LogP contribution in [0.2, 0.25) is 0 Å². The first-order valence-electron chi connectivity index (χ1n) is 12.4. The van der Waals surface area contributed by atoms with Crippen molar-refractivity contribution in [2.45, 2.75) is 141 Å². The van der Waals surface area contributed by atoms with Crippen LogP contribution < -0.4 is 0 Å². The molecular formula is C24H50O6. The largest absolute Gasteiger partial charge is 0.394 e. The molecule has 0 spiro atoms. The van der Waals surface area contributed by atoms with Gasteiger partial charge in [-0.3, -0.25) is 0 Å². The molecule has 0 aromatic rings. The Balaban J connectivity index is 4.21. The van der Waals surface area contributed by atoms with E-state index in [9.17, 15) is 25.5 Å². The molecule has 0 saturated carbocycles. The van der Waals surface area contributed by atoms with E-state index in [1.165, 1.54) is 51.4 Å². The van der Waals surface area contributed by atoms with Gasteiger partial charge in [0, 0.05) is 6.61 Å². The molecule has 0 rings (SSSR count). The second-order valence-electron chi connectivity index (χ2n) is 8.67. The number of hydrogen-bond acceptors (Lipinski definition) is 6. The minimum atomic E-state index is -1.45. The highest BCUT2D eigenvalue weighted by Gasteiger charge is 2.35. The van der Waals surface area contributed by atoms with Crippen LogP contribution in [0.15, 0.2) is 0 Å². The van der Waals surface area contributed by atoms with Crippen LogP contribution in [0.4, 0.5) is 0 Å². The van der Waals surface area contributed by atoms with Crippen LogP contribution in [0.3, 0.4) is 0 Å². The molecule has 0 aliphatic rings. The Hall–Kier alpha value is -0.240. The molecule has 182 valence electrons. The van der Waals surface area contributed by atoms with E-state index in [1.54, 1.807) is 0 Å². The van der Waals surface area contributed by atoms with Gasteiger partial charge in [-0.05, 0) is 12.8 Å². The maximum absolute atomic E-state index is 10.4. The Morgan fingerprint density at radius 3 is 1.53 bits per heavy atom. The molecule has 5 N–H and O–H groups in total. The first-order valence-corrected chi connectivity index (χ1v) is 12.4. The van der Waals surface area contributed by atoms with Crippen LogP contribution in [-0.2, 0) is 4.74 Å². The summed E-state index contributed by atoms with van der Waals surface area (Å²) < 4.78 is 5.61. The molecule has 0 bridgehead atoms. The molecule has 0 amide bonds. The van der Waals surface area contributed by atoms with Gasteiger partial charge in [-0.15, -0.1) is 0 Å². The summed E-state index contributed by atoms with van der Waals surface area (Å²) in [6, 6.07) is 0. The normalized spacial score (nSPS) is 16.9. The van der Waals surface area contributed by atoms with Gasteiger partial charge >= 0.3 is 0 Å². The van der Waals surface area contributed by atoms with Crippen molar-refractivity contribution in [2.75, 3.05) is 13.2 Å². The lowest BCUT2D eigenvalue weighted by Crippen LogP contribution is -2.51. The van der Waals surface area contributed by atoms with Crippen LogP contribution in [0.25, 0.3) is 0 Å². The Morgan fingerprint density at radius 2 is 1.03 bits per heavy atom. The van der Waals surface area contributed by atoms with E-state index in [4.69, 9.17) is 4.74 Å². The molecule has 0 aromatic carbocycles. The maximum atomic E-state index is 10.4. The van der Waals surface area contributed by atoms with Crippen molar-refractivity contribution in [1.82, 2.24) is 0 Å². The second-order valence-corrected chi connectivity index (χ2v) is 8.67. The monoisotopic (exact) mass is 434 g/mol. The summed E-state index contributed by atoms with van der Waals surface area (Å²) in [5.74, 6) is 0. The third-order valence-electron chi connectivity index (χ3n) is 5.81. The van der Waals surface area contributed by atoms with E-state index in [0.29, 0.717) is 13.0 Å². The highest BCUT2D eigenvalue weighted by atomic mass is 16.5. The van der Waals surface area contributed by atoms with Crippen molar-refractivity contribution in [3.63, 3.8) is 0 Å². The van der Waals surface area contributed by atoms with Gasteiger partial charge in [0.15, 0.2) is 0 Å².